The normalized spacial score (nSPS) is 23.3. The van der Waals surface area contributed by atoms with Gasteiger partial charge in [0.2, 0.25) is 5.91 Å². The monoisotopic (exact) mass is 275 g/mol. The minimum absolute atomic E-state index is 0.0252. The Morgan fingerprint density at radius 3 is 2.60 bits per heavy atom. The maximum Gasteiger partial charge on any atom is 0.306 e. The Kier molecular flexibility index (Phi) is 4.42. The number of aliphatic carboxylic acids is 1. The van der Waals surface area contributed by atoms with Crippen molar-refractivity contribution in [1.29, 1.82) is 0 Å². The molecule has 2 N–H and O–H groups in total. The fraction of sp³-hybridized carbons (Fsp3) is 0.500. The third-order valence-corrected chi connectivity index (χ3v) is 4.05. The van der Waals surface area contributed by atoms with Crippen LogP contribution in [0.2, 0.25) is 0 Å². The average molecular weight is 275 g/mol. The summed E-state index contributed by atoms with van der Waals surface area (Å²) >= 11 is 0. The van der Waals surface area contributed by atoms with E-state index < -0.39 is 5.97 Å². The third-order valence-electron chi connectivity index (χ3n) is 4.05. The SMILES string of the molecule is Cc1cccc([C@H](C)NC(=O)C2CCC(C(=O)O)C2)c1. The van der Waals surface area contributed by atoms with Gasteiger partial charge in [0.25, 0.3) is 0 Å². The number of carbonyl (C=O) groups is 2. The molecule has 2 rings (SSSR count). The van der Waals surface area contributed by atoms with Gasteiger partial charge in [-0.2, -0.15) is 0 Å². The maximum atomic E-state index is 12.2. The number of rotatable bonds is 4. The van der Waals surface area contributed by atoms with E-state index in [9.17, 15) is 9.59 Å². The summed E-state index contributed by atoms with van der Waals surface area (Å²) in [5.41, 5.74) is 2.24. The molecule has 3 atom stereocenters. The zero-order valence-corrected chi connectivity index (χ0v) is 11.9. The van der Waals surface area contributed by atoms with E-state index in [1.807, 2.05) is 32.0 Å². The molecule has 20 heavy (non-hydrogen) atoms. The summed E-state index contributed by atoms with van der Waals surface area (Å²) in [5, 5.41) is 12.0. The minimum Gasteiger partial charge on any atom is -0.481 e. The molecular formula is C16H21NO3. The second kappa shape index (κ2) is 6.07. The van der Waals surface area contributed by atoms with Crippen LogP contribution in [0.4, 0.5) is 0 Å². The van der Waals surface area contributed by atoms with Crippen LogP contribution in [-0.4, -0.2) is 17.0 Å². The van der Waals surface area contributed by atoms with Crippen molar-refractivity contribution in [1.82, 2.24) is 5.32 Å². The predicted octanol–water partition coefficient (Wildman–Crippen LogP) is 2.67. The second-order valence-electron chi connectivity index (χ2n) is 5.69. The van der Waals surface area contributed by atoms with Gasteiger partial charge in [-0.1, -0.05) is 29.8 Å². The van der Waals surface area contributed by atoms with Gasteiger partial charge in [-0.25, -0.2) is 0 Å². The molecule has 1 aliphatic rings. The van der Waals surface area contributed by atoms with Crippen LogP contribution in [-0.2, 0) is 9.59 Å². The number of amides is 1. The zero-order valence-electron chi connectivity index (χ0n) is 11.9. The molecule has 108 valence electrons. The lowest BCUT2D eigenvalue weighted by Gasteiger charge is -2.18. The van der Waals surface area contributed by atoms with Gasteiger partial charge in [-0.15, -0.1) is 0 Å². The molecule has 0 aromatic heterocycles. The van der Waals surface area contributed by atoms with Crippen molar-refractivity contribution in [3.8, 4) is 0 Å². The summed E-state index contributed by atoms with van der Waals surface area (Å²) in [7, 11) is 0. The van der Waals surface area contributed by atoms with Crippen LogP contribution in [0.15, 0.2) is 24.3 Å². The highest BCUT2D eigenvalue weighted by atomic mass is 16.4. The molecule has 1 aliphatic carbocycles. The Hall–Kier alpha value is -1.84. The molecule has 4 nitrogen and oxygen atoms in total. The first kappa shape index (κ1) is 14.6. The molecule has 1 aromatic carbocycles. The van der Waals surface area contributed by atoms with Gasteiger partial charge >= 0.3 is 5.97 Å². The highest BCUT2D eigenvalue weighted by Crippen LogP contribution is 2.31. The van der Waals surface area contributed by atoms with E-state index in [2.05, 4.69) is 11.4 Å². The fourth-order valence-corrected chi connectivity index (χ4v) is 2.80. The number of benzene rings is 1. The minimum atomic E-state index is -0.785. The Balaban J connectivity index is 1.93. The van der Waals surface area contributed by atoms with E-state index >= 15 is 0 Å². The van der Waals surface area contributed by atoms with E-state index in [-0.39, 0.29) is 23.8 Å². The van der Waals surface area contributed by atoms with Crippen molar-refractivity contribution in [2.75, 3.05) is 0 Å². The summed E-state index contributed by atoms with van der Waals surface area (Å²) in [5.74, 6) is -1.34. The van der Waals surface area contributed by atoms with Crippen LogP contribution in [0.5, 0.6) is 0 Å². The Bertz CT molecular complexity index is 512. The van der Waals surface area contributed by atoms with Gasteiger partial charge in [0.15, 0.2) is 0 Å². The van der Waals surface area contributed by atoms with Gasteiger partial charge in [0, 0.05) is 5.92 Å². The first-order valence-electron chi connectivity index (χ1n) is 7.07. The van der Waals surface area contributed by atoms with Crippen LogP contribution in [0.3, 0.4) is 0 Å². The Morgan fingerprint density at radius 1 is 1.30 bits per heavy atom. The van der Waals surface area contributed by atoms with E-state index in [1.54, 1.807) is 0 Å². The molecule has 1 saturated carbocycles. The second-order valence-corrected chi connectivity index (χ2v) is 5.69. The number of carbonyl (C=O) groups excluding carboxylic acids is 1. The Labute approximate surface area is 119 Å². The molecule has 1 fully saturated rings. The Morgan fingerprint density at radius 2 is 2.00 bits per heavy atom. The van der Waals surface area contributed by atoms with E-state index in [0.29, 0.717) is 19.3 Å². The number of carboxylic acid groups (broad SMARTS) is 1. The van der Waals surface area contributed by atoms with E-state index in [4.69, 9.17) is 5.11 Å². The van der Waals surface area contributed by atoms with Crippen LogP contribution in [0.1, 0.15) is 43.4 Å². The van der Waals surface area contributed by atoms with Gasteiger partial charge in [0.05, 0.1) is 12.0 Å². The topological polar surface area (TPSA) is 66.4 Å². The van der Waals surface area contributed by atoms with Crippen molar-refractivity contribution in [3.05, 3.63) is 35.4 Å². The van der Waals surface area contributed by atoms with Crippen molar-refractivity contribution >= 4 is 11.9 Å². The number of aryl methyl sites for hydroxylation is 1. The molecule has 0 heterocycles. The molecule has 1 aromatic rings. The molecule has 2 unspecified atom stereocenters. The molecule has 0 bridgehead atoms. The molecular weight excluding hydrogens is 254 g/mol. The summed E-state index contributed by atoms with van der Waals surface area (Å²) in [6, 6.07) is 7.99. The maximum absolute atomic E-state index is 12.2. The smallest absolute Gasteiger partial charge is 0.306 e. The summed E-state index contributed by atoms with van der Waals surface area (Å²) in [4.78, 5) is 23.1. The van der Waals surface area contributed by atoms with Crippen molar-refractivity contribution in [2.45, 2.75) is 39.2 Å². The summed E-state index contributed by atoms with van der Waals surface area (Å²) in [6.45, 7) is 3.97. The van der Waals surface area contributed by atoms with Crippen molar-refractivity contribution < 1.29 is 14.7 Å². The van der Waals surface area contributed by atoms with E-state index in [0.717, 1.165) is 11.1 Å². The van der Waals surface area contributed by atoms with Crippen molar-refractivity contribution in [3.63, 3.8) is 0 Å². The lowest BCUT2D eigenvalue weighted by atomic mass is 10.0. The van der Waals surface area contributed by atoms with Crippen LogP contribution in [0, 0.1) is 18.8 Å². The molecule has 0 saturated heterocycles. The van der Waals surface area contributed by atoms with Crippen molar-refractivity contribution in [2.24, 2.45) is 11.8 Å². The number of nitrogens with one attached hydrogen (secondary N) is 1. The number of hydrogen-bond acceptors (Lipinski definition) is 2. The standard InChI is InChI=1S/C16H21NO3/c1-10-4-3-5-12(8-10)11(2)17-15(18)13-6-7-14(9-13)16(19)20/h3-5,8,11,13-14H,6-7,9H2,1-2H3,(H,17,18)(H,19,20)/t11-,13?,14?/m0/s1. The lowest BCUT2D eigenvalue weighted by molar-refractivity contribution is -0.141. The van der Waals surface area contributed by atoms with Crippen LogP contribution in [0.25, 0.3) is 0 Å². The summed E-state index contributed by atoms with van der Waals surface area (Å²) < 4.78 is 0. The van der Waals surface area contributed by atoms with Gasteiger partial charge in [-0.05, 0) is 38.7 Å². The lowest BCUT2D eigenvalue weighted by Crippen LogP contribution is -2.32. The van der Waals surface area contributed by atoms with Gasteiger partial charge in [0.1, 0.15) is 0 Å². The molecule has 0 radical (unpaired) electrons. The predicted molar refractivity (Wildman–Crippen MR) is 76.2 cm³/mol. The molecule has 0 aliphatic heterocycles. The fourth-order valence-electron chi connectivity index (χ4n) is 2.80. The molecule has 0 spiro atoms. The summed E-state index contributed by atoms with van der Waals surface area (Å²) in [6.07, 6.45) is 1.73. The quantitative estimate of drug-likeness (QED) is 0.887. The average Bonchev–Trinajstić information content (AvgIpc) is 2.88. The third kappa shape index (κ3) is 3.38. The van der Waals surface area contributed by atoms with E-state index in [1.165, 1.54) is 0 Å². The van der Waals surface area contributed by atoms with Gasteiger partial charge in [-0.3, -0.25) is 9.59 Å². The van der Waals surface area contributed by atoms with Crippen LogP contribution >= 0.6 is 0 Å². The number of hydrogen-bond donors (Lipinski definition) is 2. The first-order valence-corrected chi connectivity index (χ1v) is 7.07. The number of carboxylic acids is 1. The molecule has 4 heteroatoms. The van der Waals surface area contributed by atoms with Crippen LogP contribution < -0.4 is 5.32 Å². The first-order chi connectivity index (χ1) is 9.47. The van der Waals surface area contributed by atoms with Gasteiger partial charge < -0.3 is 10.4 Å². The molecule has 1 amide bonds. The highest BCUT2D eigenvalue weighted by molar-refractivity contribution is 5.81. The largest absolute Gasteiger partial charge is 0.481 e. The zero-order chi connectivity index (χ0) is 14.7. The highest BCUT2D eigenvalue weighted by Gasteiger charge is 2.34.